The van der Waals surface area contributed by atoms with Crippen LogP contribution in [0.25, 0.3) is 22.6 Å². The number of ether oxygens (including phenoxy) is 1. The summed E-state index contributed by atoms with van der Waals surface area (Å²) >= 11 is 0. The highest BCUT2D eigenvalue weighted by atomic mass is 16.5. The summed E-state index contributed by atoms with van der Waals surface area (Å²) in [7, 11) is 0. The van der Waals surface area contributed by atoms with E-state index < -0.39 is 0 Å². The molecule has 0 aliphatic carbocycles. The predicted octanol–water partition coefficient (Wildman–Crippen LogP) is 4.85. The largest absolute Gasteiger partial charge is 0.489 e. The molecule has 0 atom stereocenters. The standard InChI is InChI=1S/C25H19N5O2/c31-25(19-7-4-8-21(13-19)32-15-17-5-2-1-3-6-17)28-20-11-9-18(10-12-20)23-29-22-14-26-16-27-24(22)30-23/h1-14,16H,15H2,(H,28,31)(H,26,27,29,30). The van der Waals surface area contributed by atoms with Crippen molar-refractivity contribution >= 4 is 22.8 Å². The van der Waals surface area contributed by atoms with Crippen LogP contribution >= 0.6 is 0 Å². The monoisotopic (exact) mass is 421 g/mol. The van der Waals surface area contributed by atoms with Crippen LogP contribution in [-0.4, -0.2) is 25.8 Å². The average molecular weight is 421 g/mol. The number of anilines is 1. The molecule has 2 N–H and O–H groups in total. The van der Waals surface area contributed by atoms with Crippen LogP contribution in [0.15, 0.2) is 91.4 Å². The number of nitrogens with one attached hydrogen (secondary N) is 2. The number of carbonyl (C=O) groups excluding carboxylic acids is 1. The van der Waals surface area contributed by atoms with Crippen LogP contribution in [0.1, 0.15) is 15.9 Å². The Balaban J connectivity index is 1.25. The molecule has 0 aliphatic rings. The van der Waals surface area contributed by atoms with E-state index in [2.05, 4.69) is 25.3 Å². The Morgan fingerprint density at radius 1 is 0.969 bits per heavy atom. The fourth-order valence-electron chi connectivity index (χ4n) is 3.28. The molecule has 0 spiro atoms. The molecule has 0 fully saturated rings. The molecule has 0 radical (unpaired) electrons. The van der Waals surface area contributed by atoms with Gasteiger partial charge in [0.25, 0.3) is 5.91 Å². The molecule has 2 heterocycles. The van der Waals surface area contributed by atoms with Crippen LogP contribution in [0, 0.1) is 0 Å². The fraction of sp³-hybridized carbons (Fsp3) is 0.0400. The molecule has 32 heavy (non-hydrogen) atoms. The summed E-state index contributed by atoms with van der Waals surface area (Å²) in [5, 5.41) is 2.92. The van der Waals surface area contributed by atoms with Gasteiger partial charge in [-0.15, -0.1) is 0 Å². The summed E-state index contributed by atoms with van der Waals surface area (Å²) in [6.07, 6.45) is 3.15. The van der Waals surface area contributed by atoms with E-state index in [1.165, 1.54) is 6.33 Å². The Bertz CT molecular complexity index is 1330. The lowest BCUT2D eigenvalue weighted by atomic mass is 10.1. The second-order valence-electron chi connectivity index (χ2n) is 7.18. The van der Waals surface area contributed by atoms with Gasteiger partial charge in [-0.05, 0) is 48.0 Å². The lowest BCUT2D eigenvalue weighted by molar-refractivity contribution is 0.102. The summed E-state index contributed by atoms with van der Waals surface area (Å²) in [5.74, 6) is 1.13. The van der Waals surface area contributed by atoms with Gasteiger partial charge >= 0.3 is 0 Å². The van der Waals surface area contributed by atoms with E-state index in [0.717, 1.165) is 16.6 Å². The number of rotatable bonds is 6. The smallest absolute Gasteiger partial charge is 0.255 e. The zero-order valence-electron chi connectivity index (χ0n) is 17.0. The Morgan fingerprint density at radius 2 is 1.81 bits per heavy atom. The predicted molar refractivity (Wildman–Crippen MR) is 122 cm³/mol. The first-order valence-corrected chi connectivity index (χ1v) is 10.1. The number of aromatic amines is 1. The number of imidazole rings is 1. The average Bonchev–Trinajstić information content (AvgIpc) is 3.28. The van der Waals surface area contributed by atoms with Gasteiger partial charge in [0.05, 0.1) is 6.20 Å². The first kappa shape index (κ1) is 19.4. The topological polar surface area (TPSA) is 92.8 Å². The third kappa shape index (κ3) is 4.32. The van der Waals surface area contributed by atoms with Gasteiger partial charge in [-0.3, -0.25) is 4.79 Å². The number of fused-ring (bicyclic) bond motifs is 1. The molecule has 0 unspecified atom stereocenters. The maximum absolute atomic E-state index is 12.7. The highest BCUT2D eigenvalue weighted by Crippen LogP contribution is 2.22. The van der Waals surface area contributed by atoms with Crippen LogP contribution in [0.4, 0.5) is 5.69 Å². The van der Waals surface area contributed by atoms with Crippen molar-refractivity contribution in [2.24, 2.45) is 0 Å². The van der Waals surface area contributed by atoms with E-state index in [0.29, 0.717) is 35.1 Å². The molecule has 0 bridgehead atoms. The molecule has 7 nitrogen and oxygen atoms in total. The van der Waals surface area contributed by atoms with Gasteiger partial charge in [0.2, 0.25) is 0 Å². The quantitative estimate of drug-likeness (QED) is 0.409. The molecule has 3 aromatic carbocycles. The van der Waals surface area contributed by atoms with E-state index in [-0.39, 0.29) is 5.91 Å². The SMILES string of the molecule is O=C(Nc1ccc(-c2nc3ncncc3[nH]2)cc1)c1cccc(OCc2ccccc2)c1. The molecular weight excluding hydrogens is 402 g/mol. The fourth-order valence-corrected chi connectivity index (χ4v) is 3.28. The van der Waals surface area contributed by atoms with Crippen molar-refractivity contribution in [1.82, 2.24) is 19.9 Å². The van der Waals surface area contributed by atoms with E-state index in [1.54, 1.807) is 18.3 Å². The number of hydrogen-bond donors (Lipinski definition) is 2. The molecule has 5 rings (SSSR count). The number of aromatic nitrogens is 4. The molecule has 0 saturated carbocycles. The summed E-state index contributed by atoms with van der Waals surface area (Å²) in [4.78, 5) is 28.5. The van der Waals surface area contributed by atoms with Crippen LogP contribution in [0.3, 0.4) is 0 Å². The molecule has 2 aromatic heterocycles. The number of H-pyrrole nitrogens is 1. The minimum atomic E-state index is -0.207. The zero-order valence-corrected chi connectivity index (χ0v) is 17.0. The first-order valence-electron chi connectivity index (χ1n) is 10.1. The van der Waals surface area contributed by atoms with E-state index in [4.69, 9.17) is 4.74 Å². The number of nitrogens with zero attached hydrogens (tertiary/aromatic N) is 3. The van der Waals surface area contributed by atoms with Gasteiger partial charge in [-0.1, -0.05) is 36.4 Å². The second kappa shape index (κ2) is 8.69. The zero-order chi connectivity index (χ0) is 21.8. The number of carbonyl (C=O) groups is 1. The molecular formula is C25H19N5O2. The van der Waals surface area contributed by atoms with Crippen molar-refractivity contribution in [2.45, 2.75) is 6.61 Å². The van der Waals surface area contributed by atoms with Crippen LogP contribution in [0.2, 0.25) is 0 Å². The van der Waals surface area contributed by atoms with Gasteiger partial charge in [0, 0.05) is 16.8 Å². The normalized spacial score (nSPS) is 10.8. The van der Waals surface area contributed by atoms with Crippen molar-refractivity contribution < 1.29 is 9.53 Å². The summed E-state index contributed by atoms with van der Waals surface area (Å²) in [6.45, 7) is 0.445. The molecule has 0 saturated heterocycles. The third-order valence-electron chi connectivity index (χ3n) is 4.92. The van der Waals surface area contributed by atoms with Crippen molar-refractivity contribution in [3.8, 4) is 17.1 Å². The van der Waals surface area contributed by atoms with Crippen LogP contribution in [0.5, 0.6) is 5.75 Å². The summed E-state index contributed by atoms with van der Waals surface area (Å²) in [6, 6.07) is 24.5. The van der Waals surface area contributed by atoms with Gasteiger partial charge < -0.3 is 15.0 Å². The van der Waals surface area contributed by atoms with Crippen LogP contribution in [-0.2, 0) is 6.61 Å². The molecule has 0 aliphatic heterocycles. The van der Waals surface area contributed by atoms with Gasteiger partial charge in [-0.2, -0.15) is 0 Å². The second-order valence-corrected chi connectivity index (χ2v) is 7.18. The van der Waals surface area contributed by atoms with Gasteiger partial charge in [0.15, 0.2) is 5.65 Å². The van der Waals surface area contributed by atoms with Crippen molar-refractivity contribution in [1.29, 1.82) is 0 Å². The Morgan fingerprint density at radius 3 is 2.62 bits per heavy atom. The molecule has 1 amide bonds. The van der Waals surface area contributed by atoms with Crippen LogP contribution < -0.4 is 10.1 Å². The Kier molecular flexibility index (Phi) is 5.28. The van der Waals surface area contributed by atoms with Crippen molar-refractivity contribution in [3.63, 3.8) is 0 Å². The van der Waals surface area contributed by atoms with Crippen molar-refractivity contribution in [3.05, 3.63) is 103 Å². The minimum absolute atomic E-state index is 0.207. The maximum atomic E-state index is 12.7. The highest BCUT2D eigenvalue weighted by Gasteiger charge is 2.09. The van der Waals surface area contributed by atoms with Gasteiger partial charge in [0.1, 0.15) is 30.0 Å². The first-order chi connectivity index (χ1) is 15.7. The number of hydrogen-bond acceptors (Lipinski definition) is 5. The van der Waals surface area contributed by atoms with E-state index in [9.17, 15) is 4.79 Å². The van der Waals surface area contributed by atoms with E-state index in [1.807, 2.05) is 66.7 Å². The summed E-state index contributed by atoms with van der Waals surface area (Å²) in [5.41, 5.74) is 4.55. The Labute approximate surface area is 184 Å². The Hall–Kier alpha value is -4.52. The van der Waals surface area contributed by atoms with E-state index >= 15 is 0 Å². The highest BCUT2D eigenvalue weighted by molar-refractivity contribution is 6.04. The maximum Gasteiger partial charge on any atom is 0.255 e. The lowest BCUT2D eigenvalue weighted by Gasteiger charge is -2.09. The summed E-state index contributed by atoms with van der Waals surface area (Å²) < 4.78 is 5.82. The third-order valence-corrected chi connectivity index (χ3v) is 4.92. The number of benzene rings is 3. The number of amides is 1. The lowest BCUT2D eigenvalue weighted by Crippen LogP contribution is -2.12. The minimum Gasteiger partial charge on any atom is -0.489 e. The molecule has 5 aromatic rings. The molecule has 7 heteroatoms. The van der Waals surface area contributed by atoms with Gasteiger partial charge in [-0.25, -0.2) is 15.0 Å². The molecule has 156 valence electrons. The van der Waals surface area contributed by atoms with Crippen molar-refractivity contribution in [2.75, 3.05) is 5.32 Å².